The van der Waals surface area contributed by atoms with E-state index in [2.05, 4.69) is 16.9 Å². The number of pyridine rings is 1. The van der Waals surface area contributed by atoms with E-state index in [0.29, 0.717) is 34.1 Å². The summed E-state index contributed by atoms with van der Waals surface area (Å²) >= 11 is 1.05. The molecule has 1 aliphatic rings. The fourth-order valence-electron chi connectivity index (χ4n) is 4.14. The number of hydrogen-bond acceptors (Lipinski definition) is 8. The van der Waals surface area contributed by atoms with Crippen LogP contribution in [0.3, 0.4) is 0 Å². The number of unbranched alkanes of at least 4 members (excludes halogenated alkanes) is 2. The van der Waals surface area contributed by atoms with Crippen molar-refractivity contribution in [3.05, 3.63) is 76.1 Å². The van der Waals surface area contributed by atoms with Crippen LogP contribution in [-0.2, 0) is 9.59 Å². The van der Waals surface area contributed by atoms with Gasteiger partial charge >= 0.3 is 5.91 Å². The van der Waals surface area contributed by atoms with E-state index in [1.807, 2.05) is 6.07 Å². The zero-order valence-corrected chi connectivity index (χ0v) is 21.2. The van der Waals surface area contributed by atoms with E-state index in [1.54, 1.807) is 37.3 Å². The first-order valence-electron chi connectivity index (χ1n) is 11.8. The number of ketones is 2. The van der Waals surface area contributed by atoms with Crippen LogP contribution in [0.5, 0.6) is 5.75 Å². The third kappa shape index (κ3) is 4.92. The molecule has 0 bridgehead atoms. The molecule has 1 fully saturated rings. The lowest BCUT2D eigenvalue weighted by Crippen LogP contribution is -2.29. The van der Waals surface area contributed by atoms with Gasteiger partial charge in [0, 0.05) is 24.9 Å². The van der Waals surface area contributed by atoms with Crippen LogP contribution >= 0.6 is 11.3 Å². The highest BCUT2D eigenvalue weighted by atomic mass is 32.1. The maximum Gasteiger partial charge on any atom is 0.301 e. The lowest BCUT2D eigenvalue weighted by atomic mass is 9.95. The second-order valence-electron chi connectivity index (χ2n) is 8.50. The molecule has 1 atom stereocenters. The summed E-state index contributed by atoms with van der Waals surface area (Å²) in [6.07, 6.45) is 6.02. The molecular formula is C27H27N3O5S. The molecule has 1 aliphatic heterocycles. The van der Waals surface area contributed by atoms with Crippen molar-refractivity contribution in [3.8, 4) is 5.75 Å². The van der Waals surface area contributed by atoms with Crippen molar-refractivity contribution in [2.45, 2.75) is 46.1 Å². The predicted octanol–water partition coefficient (Wildman–Crippen LogP) is 5.24. The molecular weight excluding hydrogens is 478 g/mol. The van der Waals surface area contributed by atoms with Gasteiger partial charge in [-0.3, -0.25) is 24.3 Å². The van der Waals surface area contributed by atoms with E-state index < -0.39 is 17.7 Å². The number of carbonyl (C=O) groups excluding carboxylic acids is 3. The van der Waals surface area contributed by atoms with Crippen LogP contribution < -0.4 is 9.64 Å². The minimum absolute atomic E-state index is 0.0634. The fourth-order valence-corrected chi connectivity index (χ4v) is 5.13. The SMILES string of the molecule is CCCCCOc1cccc(C2/C(=C(\O)c3ccncc3)C(=O)C(=O)N2c2nc(C)c(C(C)=O)s2)c1. The third-order valence-corrected chi connectivity index (χ3v) is 7.16. The number of rotatable bonds is 9. The first-order chi connectivity index (χ1) is 17.3. The summed E-state index contributed by atoms with van der Waals surface area (Å²) in [4.78, 5) is 48.8. The molecule has 3 heterocycles. The van der Waals surface area contributed by atoms with Gasteiger partial charge in [-0.05, 0) is 43.2 Å². The Hall–Kier alpha value is -3.85. The van der Waals surface area contributed by atoms with Gasteiger partial charge in [0.15, 0.2) is 10.9 Å². The Labute approximate surface area is 213 Å². The number of aryl methyl sites for hydroxylation is 1. The maximum atomic E-state index is 13.3. The van der Waals surface area contributed by atoms with Gasteiger partial charge < -0.3 is 9.84 Å². The number of thiazole rings is 1. The minimum Gasteiger partial charge on any atom is -0.507 e. The van der Waals surface area contributed by atoms with Crippen molar-refractivity contribution in [1.82, 2.24) is 9.97 Å². The molecule has 36 heavy (non-hydrogen) atoms. The summed E-state index contributed by atoms with van der Waals surface area (Å²) in [6.45, 7) is 5.77. The number of carbonyl (C=O) groups is 3. The van der Waals surface area contributed by atoms with Crippen LogP contribution in [0.2, 0.25) is 0 Å². The molecule has 3 aromatic rings. The Bertz CT molecular complexity index is 1330. The number of anilines is 1. The Kier molecular flexibility index (Phi) is 7.59. The molecule has 0 spiro atoms. The van der Waals surface area contributed by atoms with Crippen molar-refractivity contribution in [1.29, 1.82) is 0 Å². The van der Waals surface area contributed by atoms with Gasteiger partial charge in [-0.2, -0.15) is 0 Å². The Morgan fingerprint density at radius 3 is 2.58 bits per heavy atom. The topological polar surface area (TPSA) is 110 Å². The smallest absolute Gasteiger partial charge is 0.301 e. The average Bonchev–Trinajstić information content (AvgIpc) is 3.39. The predicted molar refractivity (Wildman–Crippen MR) is 137 cm³/mol. The average molecular weight is 506 g/mol. The Balaban J connectivity index is 1.85. The summed E-state index contributed by atoms with van der Waals surface area (Å²) in [6, 6.07) is 9.30. The van der Waals surface area contributed by atoms with E-state index in [-0.39, 0.29) is 22.2 Å². The zero-order chi connectivity index (χ0) is 25.8. The number of hydrogen-bond donors (Lipinski definition) is 1. The van der Waals surface area contributed by atoms with Gasteiger partial charge in [0.05, 0.1) is 28.8 Å². The molecule has 4 rings (SSSR count). The van der Waals surface area contributed by atoms with Gasteiger partial charge in [0.2, 0.25) is 0 Å². The number of aliphatic hydroxyl groups excluding tert-OH is 1. The summed E-state index contributed by atoms with van der Waals surface area (Å²) < 4.78 is 5.91. The van der Waals surface area contributed by atoms with Crippen molar-refractivity contribution in [2.75, 3.05) is 11.5 Å². The number of nitrogens with zero attached hydrogens (tertiary/aromatic N) is 3. The lowest BCUT2D eigenvalue weighted by molar-refractivity contribution is -0.132. The number of Topliss-reactive ketones (excluding diaryl/α,β-unsaturated/α-hetero) is 2. The Morgan fingerprint density at radius 1 is 1.17 bits per heavy atom. The Morgan fingerprint density at radius 2 is 1.92 bits per heavy atom. The van der Waals surface area contributed by atoms with Gasteiger partial charge in [0.1, 0.15) is 11.5 Å². The quantitative estimate of drug-likeness (QED) is 0.139. The van der Waals surface area contributed by atoms with Gasteiger partial charge in [0.25, 0.3) is 5.78 Å². The van der Waals surface area contributed by atoms with Crippen LogP contribution in [0, 0.1) is 6.92 Å². The molecule has 0 saturated carbocycles. The number of aliphatic hydroxyl groups is 1. The fraction of sp³-hybridized carbons (Fsp3) is 0.296. The molecule has 2 aromatic heterocycles. The van der Waals surface area contributed by atoms with E-state index in [9.17, 15) is 19.5 Å². The first kappa shape index (κ1) is 25.2. The number of benzene rings is 1. The lowest BCUT2D eigenvalue weighted by Gasteiger charge is -2.23. The van der Waals surface area contributed by atoms with Crippen LogP contribution in [-0.4, -0.2) is 39.2 Å². The van der Waals surface area contributed by atoms with Crippen molar-refractivity contribution < 1.29 is 24.2 Å². The molecule has 1 amide bonds. The minimum atomic E-state index is -0.956. The van der Waals surface area contributed by atoms with E-state index >= 15 is 0 Å². The molecule has 186 valence electrons. The highest BCUT2D eigenvalue weighted by Crippen LogP contribution is 2.44. The van der Waals surface area contributed by atoms with E-state index in [0.717, 1.165) is 30.6 Å². The van der Waals surface area contributed by atoms with E-state index in [4.69, 9.17) is 4.74 Å². The third-order valence-electron chi connectivity index (χ3n) is 5.90. The van der Waals surface area contributed by atoms with Gasteiger partial charge in [-0.1, -0.05) is 43.2 Å². The van der Waals surface area contributed by atoms with Crippen LogP contribution in [0.1, 0.15) is 65.6 Å². The first-order valence-corrected chi connectivity index (χ1v) is 12.6. The summed E-state index contributed by atoms with van der Waals surface area (Å²) in [5.74, 6) is -1.55. The molecule has 1 N–H and O–H groups in total. The second kappa shape index (κ2) is 10.8. The van der Waals surface area contributed by atoms with E-state index in [1.165, 1.54) is 24.2 Å². The van der Waals surface area contributed by atoms with Crippen LogP contribution in [0.15, 0.2) is 54.4 Å². The zero-order valence-electron chi connectivity index (χ0n) is 20.4. The summed E-state index contributed by atoms with van der Waals surface area (Å²) in [7, 11) is 0. The second-order valence-corrected chi connectivity index (χ2v) is 9.48. The van der Waals surface area contributed by atoms with Crippen LogP contribution in [0.25, 0.3) is 5.76 Å². The number of ether oxygens (including phenoxy) is 1. The molecule has 9 heteroatoms. The highest BCUT2D eigenvalue weighted by molar-refractivity contribution is 7.18. The molecule has 1 saturated heterocycles. The molecule has 1 aromatic carbocycles. The normalized spacial score (nSPS) is 17.0. The van der Waals surface area contributed by atoms with Crippen molar-refractivity contribution in [2.24, 2.45) is 0 Å². The largest absolute Gasteiger partial charge is 0.507 e. The van der Waals surface area contributed by atoms with Gasteiger partial charge in [-0.15, -0.1) is 0 Å². The monoisotopic (exact) mass is 505 g/mol. The van der Waals surface area contributed by atoms with Crippen molar-refractivity contribution in [3.63, 3.8) is 0 Å². The summed E-state index contributed by atoms with van der Waals surface area (Å²) in [5.41, 5.74) is 1.35. The number of aromatic nitrogens is 2. The molecule has 1 unspecified atom stereocenters. The standard InChI is InChI=1S/C27H27N3O5S/c1-4-5-6-14-35-20-9-7-8-19(15-20)22-21(23(32)18-10-12-28-13-11-18)24(33)26(34)30(22)27-29-16(2)25(36-27)17(3)31/h7-13,15,22,32H,4-6,14H2,1-3H3/b23-21+. The number of amides is 1. The molecule has 0 aliphatic carbocycles. The molecule has 8 nitrogen and oxygen atoms in total. The maximum absolute atomic E-state index is 13.3. The van der Waals surface area contributed by atoms with Crippen molar-refractivity contribution >= 4 is 39.7 Å². The van der Waals surface area contributed by atoms with Crippen LogP contribution in [0.4, 0.5) is 5.13 Å². The highest BCUT2D eigenvalue weighted by Gasteiger charge is 2.48. The molecule has 0 radical (unpaired) electrons. The summed E-state index contributed by atoms with van der Waals surface area (Å²) in [5, 5.41) is 11.4. The van der Waals surface area contributed by atoms with Gasteiger partial charge in [-0.25, -0.2) is 4.98 Å².